The molecule has 6 heterocycles. The Hall–Kier alpha value is -5.93. The maximum absolute atomic E-state index is 12.2. The monoisotopic (exact) mass is 854 g/mol. The molecule has 1 N–H and O–H groups in total. The van der Waals surface area contributed by atoms with E-state index in [2.05, 4.69) is 44.5 Å². The Morgan fingerprint density at radius 3 is 1.58 bits per heavy atom. The molecule has 62 heavy (non-hydrogen) atoms. The second-order valence-electron chi connectivity index (χ2n) is 16.9. The lowest BCUT2D eigenvalue weighted by Crippen LogP contribution is -2.49. The van der Waals surface area contributed by atoms with E-state index in [0.717, 1.165) is 63.2 Å². The number of piperazine rings is 2. The number of nitrogens with one attached hydrogen (secondary N) is 1. The molecule has 0 unspecified atom stereocenters. The van der Waals surface area contributed by atoms with E-state index in [-0.39, 0.29) is 37.4 Å². The molecule has 334 valence electrons. The van der Waals surface area contributed by atoms with Crippen molar-refractivity contribution < 1.29 is 42.8 Å². The summed E-state index contributed by atoms with van der Waals surface area (Å²) in [4.78, 5) is 48.5. The van der Waals surface area contributed by atoms with E-state index >= 15 is 0 Å². The zero-order valence-electron chi connectivity index (χ0n) is 36.0. The number of carbonyl (C=O) groups is 3. The first-order valence-corrected chi connectivity index (χ1v) is 20.7. The molecular weight excluding hydrogens is 793 g/mol. The Kier molecular flexibility index (Phi) is 16.5. The van der Waals surface area contributed by atoms with Crippen LogP contribution in [-0.2, 0) is 16.0 Å². The Balaban J connectivity index is 0.000000193. The maximum atomic E-state index is 12.2. The molecule has 2 fully saturated rings. The first-order valence-electron chi connectivity index (χ1n) is 20.7. The second-order valence-corrected chi connectivity index (χ2v) is 16.9. The van der Waals surface area contributed by atoms with E-state index in [1.165, 1.54) is 5.56 Å². The molecule has 0 bridgehead atoms. The van der Waals surface area contributed by atoms with Crippen LogP contribution in [0.25, 0.3) is 0 Å². The molecule has 8 rings (SSSR count). The molecule has 0 saturated carbocycles. The van der Waals surface area contributed by atoms with E-state index in [1.807, 2.05) is 71.9 Å². The Bertz CT molecular complexity index is 2040. The van der Waals surface area contributed by atoms with Gasteiger partial charge in [-0.2, -0.15) is 0 Å². The third-order valence-corrected chi connectivity index (χ3v) is 9.76. The summed E-state index contributed by atoms with van der Waals surface area (Å²) in [5, 5.41) is 3.18. The standard InChI is InChI=1S/C23H29N3O4.C14H11NO3.C9H18N2O2.CH4/c1-23(2,3)30-22(27)26-13-11-25(12-14-26)15-17-6-8-18(9-7-17)20-16-28-19-5-4-10-24-21(19)29-20;16-8-10-3-5-11(6-4-10)13-9-17-12-2-1-7-15-14(12)18-13;1-9(2,3)13-8(12)11-6-4-10-5-7-11;/h4-10,20H,11-16H2,1-3H3;1-8,13H,9H2;10H,4-7H2,1-3H3;1H4/t20-;13-;;/m11../s1. The van der Waals surface area contributed by atoms with Crippen LogP contribution < -0.4 is 24.3 Å². The van der Waals surface area contributed by atoms with Crippen molar-refractivity contribution in [1.82, 2.24) is 30.0 Å². The van der Waals surface area contributed by atoms with E-state index in [1.54, 1.807) is 40.4 Å². The predicted octanol–water partition coefficient (Wildman–Crippen LogP) is 7.52. The largest absolute Gasteiger partial charge is 0.484 e. The third kappa shape index (κ3) is 14.1. The zero-order chi connectivity index (χ0) is 43.4. The van der Waals surface area contributed by atoms with Crippen molar-refractivity contribution in [2.24, 2.45) is 0 Å². The summed E-state index contributed by atoms with van der Waals surface area (Å²) in [5.41, 5.74) is 3.08. The molecule has 4 aliphatic heterocycles. The molecule has 2 aromatic heterocycles. The number of hydrogen-bond donors (Lipinski definition) is 1. The van der Waals surface area contributed by atoms with E-state index in [0.29, 0.717) is 55.1 Å². The molecule has 4 aromatic rings. The summed E-state index contributed by atoms with van der Waals surface area (Å²) in [7, 11) is 0. The van der Waals surface area contributed by atoms with Crippen LogP contribution in [0.3, 0.4) is 0 Å². The van der Waals surface area contributed by atoms with Crippen molar-refractivity contribution >= 4 is 18.5 Å². The van der Waals surface area contributed by atoms with E-state index in [4.69, 9.17) is 28.4 Å². The minimum Gasteiger partial charge on any atom is -0.484 e. The number of rotatable bonds is 5. The number of amides is 2. The minimum absolute atomic E-state index is 0. The highest BCUT2D eigenvalue weighted by Gasteiger charge is 2.28. The van der Waals surface area contributed by atoms with Crippen LogP contribution in [-0.4, -0.2) is 120 Å². The molecular formula is C47H62N6O9. The van der Waals surface area contributed by atoms with Gasteiger partial charge in [-0.15, -0.1) is 0 Å². The van der Waals surface area contributed by atoms with Crippen LogP contribution >= 0.6 is 0 Å². The fourth-order valence-corrected chi connectivity index (χ4v) is 6.62. The van der Waals surface area contributed by atoms with Gasteiger partial charge in [-0.25, -0.2) is 19.6 Å². The van der Waals surface area contributed by atoms with Gasteiger partial charge in [-0.1, -0.05) is 56.0 Å². The van der Waals surface area contributed by atoms with E-state index < -0.39 is 5.60 Å². The number of benzene rings is 2. The zero-order valence-corrected chi connectivity index (χ0v) is 36.0. The molecule has 15 heteroatoms. The highest BCUT2D eigenvalue weighted by atomic mass is 16.6. The number of ether oxygens (including phenoxy) is 6. The Morgan fingerprint density at radius 1 is 0.677 bits per heavy atom. The van der Waals surface area contributed by atoms with Gasteiger partial charge >= 0.3 is 12.2 Å². The number of nitrogens with zero attached hydrogens (tertiary/aromatic N) is 5. The smallest absolute Gasteiger partial charge is 0.410 e. The number of fused-ring (bicyclic) bond motifs is 2. The van der Waals surface area contributed by atoms with Crippen molar-refractivity contribution in [2.45, 2.75) is 78.9 Å². The topological polar surface area (TPSA) is 154 Å². The second kappa shape index (κ2) is 21.7. The van der Waals surface area contributed by atoms with Gasteiger partial charge in [0.15, 0.2) is 23.7 Å². The molecule has 2 saturated heterocycles. The summed E-state index contributed by atoms with van der Waals surface area (Å²) in [6, 6.07) is 23.0. The van der Waals surface area contributed by atoms with Crippen molar-refractivity contribution in [3.05, 3.63) is 107 Å². The van der Waals surface area contributed by atoms with Crippen LogP contribution in [0, 0.1) is 0 Å². The molecule has 15 nitrogen and oxygen atoms in total. The predicted molar refractivity (Wildman–Crippen MR) is 235 cm³/mol. The van der Waals surface area contributed by atoms with Gasteiger partial charge in [0.2, 0.25) is 0 Å². The minimum atomic E-state index is -0.457. The van der Waals surface area contributed by atoms with Crippen LogP contribution in [0.5, 0.6) is 23.3 Å². The molecule has 2 atom stereocenters. The van der Waals surface area contributed by atoms with Crippen LogP contribution in [0.2, 0.25) is 0 Å². The van der Waals surface area contributed by atoms with Gasteiger partial charge in [0.25, 0.3) is 11.8 Å². The molecule has 4 aliphatic rings. The van der Waals surface area contributed by atoms with Crippen LogP contribution in [0.15, 0.2) is 85.2 Å². The first-order chi connectivity index (χ1) is 29.2. The van der Waals surface area contributed by atoms with Crippen molar-refractivity contribution in [2.75, 3.05) is 65.6 Å². The van der Waals surface area contributed by atoms with Gasteiger partial charge in [-0.3, -0.25) is 9.69 Å². The average Bonchev–Trinajstić information content (AvgIpc) is 3.26. The highest BCUT2D eigenvalue weighted by molar-refractivity contribution is 5.74. The van der Waals surface area contributed by atoms with Crippen LogP contribution in [0.1, 0.15) is 88.2 Å². The quantitative estimate of drug-likeness (QED) is 0.197. The fourth-order valence-electron chi connectivity index (χ4n) is 6.62. The summed E-state index contributed by atoms with van der Waals surface area (Å²) >= 11 is 0. The van der Waals surface area contributed by atoms with E-state index in [9.17, 15) is 14.4 Å². The lowest BCUT2D eigenvalue weighted by molar-refractivity contribution is 0.0138. The first kappa shape index (κ1) is 47.1. The van der Waals surface area contributed by atoms with Gasteiger partial charge < -0.3 is 43.5 Å². The summed E-state index contributed by atoms with van der Waals surface area (Å²) < 4.78 is 33.8. The number of hydrogen-bond acceptors (Lipinski definition) is 13. The number of aldehydes is 1. The maximum Gasteiger partial charge on any atom is 0.410 e. The number of carbonyl (C=O) groups excluding carboxylic acids is 3. The summed E-state index contributed by atoms with van der Waals surface area (Å²) in [6.07, 6.45) is 3.42. The Labute approximate surface area is 365 Å². The van der Waals surface area contributed by atoms with Gasteiger partial charge in [0, 0.05) is 76.9 Å². The lowest BCUT2D eigenvalue weighted by Gasteiger charge is -2.35. The van der Waals surface area contributed by atoms with Crippen molar-refractivity contribution in [3.8, 4) is 23.3 Å². The SMILES string of the molecule is C.CC(C)(C)OC(=O)N1CCN(Cc2ccc([C@H]3COc4cccnc4O3)cc2)CC1.CC(C)(C)OC(=O)N1CCNCC1.O=Cc1ccc([C@H]2COc3cccnc3O2)cc1. The molecule has 2 amide bonds. The normalized spacial score (nSPS) is 18.3. The fraction of sp³-hybridized carbons (Fsp3) is 0.468. The Morgan fingerprint density at radius 2 is 1.13 bits per heavy atom. The van der Waals surface area contributed by atoms with Crippen molar-refractivity contribution in [3.63, 3.8) is 0 Å². The van der Waals surface area contributed by atoms with Gasteiger partial charge in [0.1, 0.15) is 30.7 Å². The highest BCUT2D eigenvalue weighted by Crippen LogP contribution is 2.35. The summed E-state index contributed by atoms with van der Waals surface area (Å²) in [5.74, 6) is 2.41. The molecule has 0 radical (unpaired) electrons. The van der Waals surface area contributed by atoms with Crippen molar-refractivity contribution in [1.29, 1.82) is 0 Å². The van der Waals surface area contributed by atoms with Gasteiger partial charge in [-0.05, 0) is 82.5 Å². The number of pyridine rings is 2. The molecule has 0 aliphatic carbocycles. The number of aromatic nitrogens is 2. The average molecular weight is 855 g/mol. The molecule has 0 spiro atoms. The molecule has 2 aromatic carbocycles. The lowest BCUT2D eigenvalue weighted by atomic mass is 10.1. The van der Waals surface area contributed by atoms with Crippen LogP contribution in [0.4, 0.5) is 9.59 Å². The summed E-state index contributed by atoms with van der Waals surface area (Å²) in [6.45, 7) is 19.4. The third-order valence-electron chi connectivity index (χ3n) is 9.76. The van der Waals surface area contributed by atoms with Gasteiger partial charge in [0.05, 0.1) is 0 Å².